The maximum absolute atomic E-state index is 12.4. The highest BCUT2D eigenvalue weighted by atomic mass is 16.5. The molecule has 2 rings (SSSR count). The molecule has 4 heteroatoms. The molecule has 2 atom stereocenters. The molecular weight excluding hydrogens is 242 g/mol. The first-order valence-corrected chi connectivity index (χ1v) is 6.46. The molecule has 0 bridgehead atoms. The van der Waals surface area contributed by atoms with Crippen LogP contribution in [0.4, 0.5) is 0 Å². The van der Waals surface area contributed by atoms with Crippen molar-refractivity contribution in [3.8, 4) is 0 Å². The Morgan fingerprint density at radius 1 is 1.32 bits per heavy atom. The van der Waals surface area contributed by atoms with E-state index in [1.165, 1.54) is 7.11 Å². The number of benzene rings is 1. The van der Waals surface area contributed by atoms with Crippen LogP contribution < -0.4 is 0 Å². The average Bonchev–Trinajstić information content (AvgIpc) is 2.79. The molecule has 0 aliphatic carbocycles. The maximum atomic E-state index is 12.4. The molecule has 2 unspecified atom stereocenters. The lowest BCUT2D eigenvalue weighted by Gasteiger charge is -2.16. The van der Waals surface area contributed by atoms with Crippen LogP contribution in [0, 0.1) is 18.8 Å². The number of amides is 1. The molecule has 1 aromatic carbocycles. The average molecular weight is 261 g/mol. The quantitative estimate of drug-likeness (QED) is 0.764. The highest BCUT2D eigenvalue weighted by Gasteiger charge is 2.37. The van der Waals surface area contributed by atoms with E-state index < -0.39 is 0 Å². The summed E-state index contributed by atoms with van der Waals surface area (Å²) in [6.45, 7) is 4.99. The summed E-state index contributed by atoms with van der Waals surface area (Å²) in [5.74, 6) is -0.311. The third-order valence-corrected chi connectivity index (χ3v) is 3.67. The molecule has 1 aromatic rings. The number of carbonyl (C=O) groups excluding carboxylic acids is 2. The number of esters is 1. The summed E-state index contributed by atoms with van der Waals surface area (Å²) in [5, 5.41) is 0. The summed E-state index contributed by atoms with van der Waals surface area (Å²) < 4.78 is 4.78. The predicted molar refractivity (Wildman–Crippen MR) is 71.8 cm³/mol. The lowest BCUT2D eigenvalue weighted by molar-refractivity contribution is -0.146. The zero-order chi connectivity index (χ0) is 14.0. The van der Waals surface area contributed by atoms with Gasteiger partial charge in [0.05, 0.1) is 13.0 Å². The fourth-order valence-electron chi connectivity index (χ4n) is 2.55. The van der Waals surface area contributed by atoms with E-state index >= 15 is 0 Å². The van der Waals surface area contributed by atoms with Crippen molar-refractivity contribution in [1.82, 2.24) is 4.90 Å². The van der Waals surface area contributed by atoms with Gasteiger partial charge in [-0.1, -0.05) is 24.6 Å². The zero-order valence-electron chi connectivity index (χ0n) is 11.6. The van der Waals surface area contributed by atoms with Crippen molar-refractivity contribution >= 4 is 11.9 Å². The number of nitrogens with zero attached hydrogens (tertiary/aromatic N) is 1. The number of methoxy groups -OCH3 is 1. The first-order valence-electron chi connectivity index (χ1n) is 6.46. The van der Waals surface area contributed by atoms with Gasteiger partial charge in [-0.2, -0.15) is 0 Å². The Morgan fingerprint density at radius 3 is 2.68 bits per heavy atom. The minimum absolute atomic E-state index is 0.0121. The van der Waals surface area contributed by atoms with E-state index in [2.05, 4.69) is 0 Å². The molecule has 1 saturated heterocycles. The van der Waals surface area contributed by atoms with Crippen molar-refractivity contribution in [3.63, 3.8) is 0 Å². The van der Waals surface area contributed by atoms with E-state index in [9.17, 15) is 9.59 Å². The number of hydrogen-bond donors (Lipinski definition) is 0. The fraction of sp³-hybridized carbons (Fsp3) is 0.467. The van der Waals surface area contributed by atoms with Gasteiger partial charge in [0.15, 0.2) is 0 Å². The number of rotatable bonds is 2. The van der Waals surface area contributed by atoms with E-state index in [1.54, 1.807) is 4.90 Å². The first kappa shape index (κ1) is 13.6. The normalized spacial score (nSPS) is 22.4. The van der Waals surface area contributed by atoms with Gasteiger partial charge in [-0.05, 0) is 25.0 Å². The number of hydrogen-bond acceptors (Lipinski definition) is 3. The van der Waals surface area contributed by atoms with Crippen molar-refractivity contribution in [2.24, 2.45) is 11.8 Å². The van der Waals surface area contributed by atoms with Crippen LogP contribution in [-0.2, 0) is 9.53 Å². The van der Waals surface area contributed by atoms with Crippen molar-refractivity contribution in [2.45, 2.75) is 13.8 Å². The minimum Gasteiger partial charge on any atom is -0.469 e. The Labute approximate surface area is 113 Å². The number of likely N-dealkylation sites (tertiary alicyclic amines) is 1. The summed E-state index contributed by atoms with van der Waals surface area (Å²) in [4.78, 5) is 25.7. The second-order valence-corrected chi connectivity index (χ2v) is 5.19. The van der Waals surface area contributed by atoms with E-state index in [4.69, 9.17) is 4.74 Å². The molecule has 1 aliphatic heterocycles. The maximum Gasteiger partial charge on any atom is 0.310 e. The van der Waals surface area contributed by atoms with Gasteiger partial charge in [-0.15, -0.1) is 0 Å². The Balaban J connectivity index is 2.12. The van der Waals surface area contributed by atoms with E-state index in [-0.39, 0.29) is 23.7 Å². The molecule has 0 radical (unpaired) electrons. The Morgan fingerprint density at radius 2 is 2.05 bits per heavy atom. The Hall–Kier alpha value is -1.84. The smallest absolute Gasteiger partial charge is 0.310 e. The highest BCUT2D eigenvalue weighted by Crippen LogP contribution is 2.25. The zero-order valence-corrected chi connectivity index (χ0v) is 11.6. The molecule has 0 N–H and O–H groups in total. The van der Waals surface area contributed by atoms with Crippen LogP contribution in [0.1, 0.15) is 22.8 Å². The third kappa shape index (κ3) is 2.78. The molecule has 0 aromatic heterocycles. The molecule has 19 heavy (non-hydrogen) atoms. The van der Waals surface area contributed by atoms with Gasteiger partial charge in [0.25, 0.3) is 5.91 Å². The van der Waals surface area contributed by atoms with Crippen LogP contribution in [0.3, 0.4) is 0 Å². The molecule has 1 heterocycles. The molecule has 102 valence electrons. The molecule has 0 saturated carbocycles. The first-order chi connectivity index (χ1) is 9.02. The van der Waals surface area contributed by atoms with Crippen LogP contribution in [0.25, 0.3) is 0 Å². The van der Waals surface area contributed by atoms with Crippen molar-refractivity contribution < 1.29 is 14.3 Å². The van der Waals surface area contributed by atoms with Crippen molar-refractivity contribution in [3.05, 3.63) is 35.4 Å². The SMILES string of the molecule is COC(=O)C1CN(C(=O)c2cccc(C)c2)CC1C. The van der Waals surface area contributed by atoms with Gasteiger partial charge in [0.2, 0.25) is 0 Å². The molecular formula is C15H19NO3. The van der Waals surface area contributed by atoms with Gasteiger partial charge in [0, 0.05) is 18.7 Å². The topological polar surface area (TPSA) is 46.6 Å². The summed E-state index contributed by atoms with van der Waals surface area (Å²) in [7, 11) is 1.39. The van der Waals surface area contributed by atoms with Gasteiger partial charge >= 0.3 is 5.97 Å². The Kier molecular flexibility index (Phi) is 3.88. The van der Waals surface area contributed by atoms with Gasteiger partial charge in [-0.3, -0.25) is 9.59 Å². The highest BCUT2D eigenvalue weighted by molar-refractivity contribution is 5.95. The second-order valence-electron chi connectivity index (χ2n) is 5.19. The van der Waals surface area contributed by atoms with Crippen LogP contribution in [0.5, 0.6) is 0 Å². The van der Waals surface area contributed by atoms with Crippen LogP contribution >= 0.6 is 0 Å². The largest absolute Gasteiger partial charge is 0.469 e. The standard InChI is InChI=1S/C15H19NO3/c1-10-5-4-6-12(7-10)14(17)16-8-11(2)13(9-16)15(18)19-3/h4-7,11,13H,8-9H2,1-3H3. The number of aryl methyl sites for hydroxylation is 1. The van der Waals surface area contributed by atoms with E-state index in [0.29, 0.717) is 18.7 Å². The lowest BCUT2D eigenvalue weighted by Crippen LogP contribution is -2.30. The van der Waals surface area contributed by atoms with Gasteiger partial charge < -0.3 is 9.64 Å². The second kappa shape index (κ2) is 5.43. The number of ether oxygens (including phenoxy) is 1. The monoisotopic (exact) mass is 261 g/mol. The Bertz CT molecular complexity index is 498. The molecule has 1 fully saturated rings. The van der Waals surface area contributed by atoms with Gasteiger partial charge in [0.1, 0.15) is 0 Å². The van der Waals surface area contributed by atoms with E-state index in [0.717, 1.165) is 5.56 Å². The fourth-order valence-corrected chi connectivity index (χ4v) is 2.55. The summed E-state index contributed by atoms with van der Waals surface area (Å²) >= 11 is 0. The molecule has 1 aliphatic rings. The number of carbonyl (C=O) groups is 2. The van der Waals surface area contributed by atoms with E-state index in [1.807, 2.05) is 38.1 Å². The van der Waals surface area contributed by atoms with Crippen LogP contribution in [0.2, 0.25) is 0 Å². The molecule has 1 amide bonds. The predicted octanol–water partition coefficient (Wildman–Crippen LogP) is 1.88. The minimum atomic E-state index is -0.230. The summed E-state index contributed by atoms with van der Waals surface area (Å²) in [6, 6.07) is 7.52. The van der Waals surface area contributed by atoms with Gasteiger partial charge in [-0.25, -0.2) is 0 Å². The lowest BCUT2D eigenvalue weighted by atomic mass is 9.99. The van der Waals surface area contributed by atoms with Crippen LogP contribution in [0.15, 0.2) is 24.3 Å². The third-order valence-electron chi connectivity index (χ3n) is 3.67. The summed E-state index contributed by atoms with van der Waals surface area (Å²) in [5.41, 5.74) is 1.74. The van der Waals surface area contributed by atoms with Crippen molar-refractivity contribution in [1.29, 1.82) is 0 Å². The van der Waals surface area contributed by atoms with Crippen molar-refractivity contribution in [2.75, 3.05) is 20.2 Å². The van der Waals surface area contributed by atoms with Crippen LogP contribution in [-0.4, -0.2) is 37.0 Å². The summed E-state index contributed by atoms with van der Waals surface area (Å²) in [6.07, 6.45) is 0. The molecule has 0 spiro atoms. The molecule has 4 nitrogen and oxygen atoms in total.